The van der Waals surface area contributed by atoms with Crippen LogP contribution >= 0.6 is 15.9 Å². The molecule has 0 saturated carbocycles. The second kappa shape index (κ2) is 11.0. The summed E-state index contributed by atoms with van der Waals surface area (Å²) >= 11 is 3.82. The van der Waals surface area contributed by atoms with E-state index in [1.807, 2.05) is 18.2 Å². The number of rotatable bonds is 5. The topological polar surface area (TPSA) is 43.6 Å². The molecule has 0 amide bonds. The minimum Gasteiger partial charge on any atom is -0.309 e. The van der Waals surface area contributed by atoms with Crippen molar-refractivity contribution in [2.24, 2.45) is 0 Å². The van der Waals surface area contributed by atoms with Crippen molar-refractivity contribution in [2.45, 2.75) is 0 Å². The number of hydrogen-bond donors (Lipinski definition) is 0. The molecule has 4 nitrogen and oxygen atoms in total. The van der Waals surface area contributed by atoms with Crippen LogP contribution in [0.5, 0.6) is 0 Å². The van der Waals surface area contributed by atoms with Crippen LogP contribution in [0.4, 0.5) is 0 Å². The van der Waals surface area contributed by atoms with Gasteiger partial charge in [-0.1, -0.05) is 107 Å². The Hall–Kier alpha value is -5.39. The van der Waals surface area contributed by atoms with Crippen LogP contribution in [0.1, 0.15) is 0 Å². The average molecular weight is 630 g/mol. The molecule has 0 spiro atoms. The first-order chi connectivity index (χ1) is 21.7. The minimum atomic E-state index is 0.658. The van der Waals surface area contributed by atoms with E-state index in [2.05, 4.69) is 147 Å². The summed E-state index contributed by atoms with van der Waals surface area (Å²) in [5.74, 6) is 0.658. The zero-order valence-corrected chi connectivity index (χ0v) is 25.2. The van der Waals surface area contributed by atoms with Crippen LogP contribution in [0.2, 0.25) is 0 Å². The van der Waals surface area contributed by atoms with E-state index in [1.165, 1.54) is 21.9 Å². The van der Waals surface area contributed by atoms with Crippen LogP contribution in [0.15, 0.2) is 156 Å². The van der Waals surface area contributed by atoms with Gasteiger partial charge in [-0.2, -0.15) is 0 Å². The molecule has 0 bridgehead atoms. The Labute approximate surface area is 263 Å². The molecule has 44 heavy (non-hydrogen) atoms. The van der Waals surface area contributed by atoms with Gasteiger partial charge in [0.25, 0.3) is 0 Å². The van der Waals surface area contributed by atoms with Crippen molar-refractivity contribution in [2.75, 3.05) is 0 Å². The van der Waals surface area contributed by atoms with Crippen molar-refractivity contribution in [3.05, 3.63) is 156 Å². The van der Waals surface area contributed by atoms with Crippen LogP contribution in [0, 0.1) is 0 Å². The lowest BCUT2D eigenvalue weighted by molar-refractivity contribution is 1.16. The Balaban J connectivity index is 1.30. The largest absolute Gasteiger partial charge is 0.309 e. The maximum atomic E-state index is 5.08. The summed E-state index contributed by atoms with van der Waals surface area (Å²) in [5, 5.41) is 2.46. The molecule has 0 radical (unpaired) electrons. The molecule has 3 heterocycles. The first-order valence-electron chi connectivity index (χ1n) is 14.5. The standard InChI is InChI=1S/C39H25BrN4/c40-31-22-30(23-32(24-31)44-37-12-6-4-10-33(37)34-11-5-7-13-38(34)44)36-25-35(42-39(43-36)29-18-20-41-21-19-29)28-16-14-27(15-17-28)26-8-2-1-3-9-26/h1-25H. The smallest absolute Gasteiger partial charge is 0.160 e. The molecule has 0 N–H and O–H groups in total. The Morgan fingerprint density at radius 1 is 0.455 bits per heavy atom. The van der Waals surface area contributed by atoms with Crippen LogP contribution in [0.25, 0.3) is 72.5 Å². The Kier molecular flexibility index (Phi) is 6.58. The molecule has 5 aromatic carbocycles. The highest BCUT2D eigenvalue weighted by molar-refractivity contribution is 9.10. The Morgan fingerprint density at radius 3 is 1.70 bits per heavy atom. The van der Waals surface area contributed by atoms with Crippen molar-refractivity contribution < 1.29 is 0 Å². The third-order valence-electron chi connectivity index (χ3n) is 7.97. The van der Waals surface area contributed by atoms with Gasteiger partial charge in [-0.05, 0) is 59.7 Å². The van der Waals surface area contributed by atoms with Gasteiger partial charge < -0.3 is 4.57 Å². The van der Waals surface area contributed by atoms with Gasteiger partial charge in [-0.25, -0.2) is 9.97 Å². The molecule has 0 saturated heterocycles. The fourth-order valence-corrected chi connectivity index (χ4v) is 6.37. The van der Waals surface area contributed by atoms with E-state index < -0.39 is 0 Å². The number of pyridine rings is 1. The normalized spacial score (nSPS) is 11.3. The van der Waals surface area contributed by atoms with E-state index in [0.717, 1.165) is 49.3 Å². The maximum absolute atomic E-state index is 5.08. The molecular formula is C39H25BrN4. The SMILES string of the molecule is Brc1cc(-c2cc(-c3ccc(-c4ccccc4)cc3)nc(-c3ccncc3)n2)cc(-n2c3ccccc3c3ccccc32)c1. The fraction of sp³-hybridized carbons (Fsp3) is 0. The van der Waals surface area contributed by atoms with Crippen molar-refractivity contribution in [1.29, 1.82) is 0 Å². The van der Waals surface area contributed by atoms with Gasteiger partial charge in [-0.3, -0.25) is 4.98 Å². The molecule has 8 aromatic rings. The molecular weight excluding hydrogens is 604 g/mol. The van der Waals surface area contributed by atoms with Gasteiger partial charge in [0.2, 0.25) is 0 Å². The number of nitrogens with zero attached hydrogens (tertiary/aromatic N) is 4. The number of benzene rings is 5. The third-order valence-corrected chi connectivity index (χ3v) is 8.43. The summed E-state index contributed by atoms with van der Waals surface area (Å²) in [5.41, 5.74) is 10.4. The summed E-state index contributed by atoms with van der Waals surface area (Å²) in [6.07, 6.45) is 3.55. The fourth-order valence-electron chi connectivity index (χ4n) is 5.89. The van der Waals surface area contributed by atoms with Gasteiger partial charge in [-0.15, -0.1) is 0 Å². The number of fused-ring (bicyclic) bond motifs is 3. The lowest BCUT2D eigenvalue weighted by Crippen LogP contribution is -1.98. The van der Waals surface area contributed by atoms with Crippen molar-refractivity contribution in [1.82, 2.24) is 19.5 Å². The first-order valence-corrected chi connectivity index (χ1v) is 15.3. The van der Waals surface area contributed by atoms with E-state index in [-0.39, 0.29) is 0 Å². The second-order valence-electron chi connectivity index (χ2n) is 10.7. The number of aromatic nitrogens is 4. The molecule has 5 heteroatoms. The summed E-state index contributed by atoms with van der Waals surface area (Å²) in [7, 11) is 0. The molecule has 0 unspecified atom stereocenters. The number of halogens is 1. The monoisotopic (exact) mass is 628 g/mol. The maximum Gasteiger partial charge on any atom is 0.160 e. The molecule has 0 aliphatic heterocycles. The van der Waals surface area contributed by atoms with E-state index >= 15 is 0 Å². The lowest BCUT2D eigenvalue weighted by Gasteiger charge is -2.13. The van der Waals surface area contributed by atoms with Gasteiger partial charge in [0, 0.05) is 50.0 Å². The van der Waals surface area contributed by atoms with Gasteiger partial charge in [0.15, 0.2) is 5.82 Å². The van der Waals surface area contributed by atoms with Gasteiger partial charge in [0.05, 0.1) is 22.4 Å². The predicted octanol–water partition coefficient (Wildman–Crippen LogP) is 10.4. The zero-order chi connectivity index (χ0) is 29.5. The van der Waals surface area contributed by atoms with Gasteiger partial charge in [0.1, 0.15) is 0 Å². The van der Waals surface area contributed by atoms with E-state index in [4.69, 9.17) is 9.97 Å². The van der Waals surface area contributed by atoms with Crippen molar-refractivity contribution in [3.8, 4) is 50.7 Å². The summed E-state index contributed by atoms with van der Waals surface area (Å²) in [4.78, 5) is 14.3. The van der Waals surface area contributed by atoms with Crippen LogP contribution in [-0.2, 0) is 0 Å². The molecule has 0 aliphatic rings. The van der Waals surface area contributed by atoms with Crippen LogP contribution < -0.4 is 0 Å². The van der Waals surface area contributed by atoms with Crippen molar-refractivity contribution >= 4 is 37.7 Å². The Morgan fingerprint density at radius 2 is 1.02 bits per heavy atom. The predicted molar refractivity (Wildman–Crippen MR) is 184 cm³/mol. The molecule has 8 rings (SSSR count). The zero-order valence-electron chi connectivity index (χ0n) is 23.6. The van der Waals surface area contributed by atoms with E-state index in [0.29, 0.717) is 5.82 Å². The second-order valence-corrected chi connectivity index (χ2v) is 11.6. The molecule has 0 fully saturated rings. The van der Waals surface area contributed by atoms with E-state index in [1.54, 1.807) is 12.4 Å². The quantitative estimate of drug-likeness (QED) is 0.190. The number of hydrogen-bond acceptors (Lipinski definition) is 3. The summed E-state index contributed by atoms with van der Waals surface area (Å²) in [6.45, 7) is 0. The minimum absolute atomic E-state index is 0.658. The highest BCUT2D eigenvalue weighted by Gasteiger charge is 2.15. The highest BCUT2D eigenvalue weighted by Crippen LogP contribution is 2.36. The third kappa shape index (κ3) is 4.77. The summed E-state index contributed by atoms with van der Waals surface area (Å²) < 4.78 is 3.30. The Bertz CT molecular complexity index is 2220. The number of para-hydroxylation sites is 2. The van der Waals surface area contributed by atoms with Crippen molar-refractivity contribution in [3.63, 3.8) is 0 Å². The van der Waals surface area contributed by atoms with Crippen LogP contribution in [-0.4, -0.2) is 19.5 Å². The average Bonchev–Trinajstić information content (AvgIpc) is 3.43. The highest BCUT2D eigenvalue weighted by atomic mass is 79.9. The van der Waals surface area contributed by atoms with E-state index in [9.17, 15) is 0 Å². The summed E-state index contributed by atoms with van der Waals surface area (Å²) in [6, 6.07) is 48.6. The first kappa shape index (κ1) is 26.3. The molecule has 0 atom stereocenters. The lowest BCUT2D eigenvalue weighted by atomic mass is 10.0. The van der Waals surface area contributed by atoms with Crippen LogP contribution in [0.3, 0.4) is 0 Å². The molecule has 0 aliphatic carbocycles. The molecule has 208 valence electrons. The molecule has 3 aromatic heterocycles. The van der Waals surface area contributed by atoms with Gasteiger partial charge >= 0.3 is 0 Å².